The molecule has 0 spiro atoms. The zero-order valence-corrected chi connectivity index (χ0v) is 14.3. The predicted molar refractivity (Wildman–Crippen MR) is 89.2 cm³/mol. The Bertz CT molecular complexity index is 930. The molecule has 2 N–H and O–H groups in total. The van der Waals surface area contributed by atoms with E-state index in [1.165, 1.54) is 4.90 Å². The highest BCUT2D eigenvalue weighted by molar-refractivity contribution is 7.89. The van der Waals surface area contributed by atoms with Crippen molar-refractivity contribution in [2.24, 2.45) is 5.14 Å². The van der Waals surface area contributed by atoms with Gasteiger partial charge in [0.1, 0.15) is 11.6 Å². The summed E-state index contributed by atoms with van der Waals surface area (Å²) in [5.41, 5.74) is 0.570. The first-order valence-electron chi connectivity index (χ1n) is 7.58. The molecule has 6 nitrogen and oxygen atoms in total. The molecule has 0 radical (unpaired) electrons. The van der Waals surface area contributed by atoms with E-state index in [0.29, 0.717) is 12.3 Å². The van der Waals surface area contributed by atoms with Crippen LogP contribution in [0.5, 0.6) is 5.75 Å². The summed E-state index contributed by atoms with van der Waals surface area (Å²) in [6.45, 7) is 0.458. The fourth-order valence-corrected chi connectivity index (χ4v) is 3.37. The summed E-state index contributed by atoms with van der Waals surface area (Å²) in [5, 5.41) is 5.06. The number of hydrogen-bond donors (Lipinski definition) is 1. The topological polar surface area (TPSA) is 89.7 Å². The molecule has 1 aliphatic rings. The van der Waals surface area contributed by atoms with Gasteiger partial charge in [-0.1, -0.05) is 12.1 Å². The minimum atomic E-state index is -4.02. The number of primary sulfonamides is 1. The molecule has 0 aliphatic carbocycles. The molecule has 1 heterocycles. The number of sulfonamides is 1. The highest BCUT2D eigenvalue weighted by Crippen LogP contribution is 2.36. The maximum Gasteiger partial charge on any atom is 0.257 e. The Morgan fingerprint density at radius 3 is 2.64 bits per heavy atom. The average Bonchev–Trinajstić information content (AvgIpc) is 2.53. The number of ether oxygens (including phenoxy) is 1. The van der Waals surface area contributed by atoms with Crippen LogP contribution in [0.15, 0.2) is 47.4 Å². The van der Waals surface area contributed by atoms with Crippen LogP contribution in [0.25, 0.3) is 0 Å². The second kappa shape index (κ2) is 6.45. The minimum absolute atomic E-state index is 0.208. The number of nitrogens with zero attached hydrogens (tertiary/aromatic N) is 1. The fraction of sp³-hybridized carbons (Fsp3) is 0.235. The molecule has 0 saturated carbocycles. The van der Waals surface area contributed by atoms with Gasteiger partial charge in [-0.15, -0.1) is 0 Å². The lowest BCUT2D eigenvalue weighted by atomic mass is 9.93. The maximum absolute atomic E-state index is 14.1. The molecule has 25 heavy (non-hydrogen) atoms. The molecular formula is C17H17FN2O4S. The molecule has 1 atom stereocenters. The summed E-state index contributed by atoms with van der Waals surface area (Å²) in [5.74, 6) is -0.685. The summed E-state index contributed by atoms with van der Waals surface area (Å²) < 4.78 is 42.1. The van der Waals surface area contributed by atoms with Gasteiger partial charge in [-0.25, -0.2) is 17.9 Å². The van der Waals surface area contributed by atoms with Crippen molar-refractivity contribution in [3.8, 4) is 5.75 Å². The van der Waals surface area contributed by atoms with Crippen molar-refractivity contribution in [2.75, 3.05) is 13.7 Å². The van der Waals surface area contributed by atoms with E-state index in [4.69, 9.17) is 9.88 Å². The van der Waals surface area contributed by atoms with Crippen molar-refractivity contribution in [1.82, 2.24) is 4.90 Å². The van der Waals surface area contributed by atoms with Gasteiger partial charge in [0, 0.05) is 6.54 Å². The second-order valence-corrected chi connectivity index (χ2v) is 7.33. The van der Waals surface area contributed by atoms with Gasteiger partial charge >= 0.3 is 0 Å². The number of carbonyl (C=O) groups excluding carboxylic acids is 1. The van der Waals surface area contributed by atoms with Crippen LogP contribution in [0.3, 0.4) is 0 Å². The number of carbonyl (C=O) groups is 1. The van der Waals surface area contributed by atoms with Crippen LogP contribution in [-0.4, -0.2) is 32.9 Å². The quantitative estimate of drug-likeness (QED) is 0.899. The third kappa shape index (κ3) is 3.35. The van der Waals surface area contributed by atoms with Gasteiger partial charge in [-0.3, -0.25) is 4.79 Å². The highest BCUT2D eigenvalue weighted by Gasteiger charge is 2.35. The Balaban J connectivity index is 1.91. The molecular weight excluding hydrogens is 347 g/mol. The third-order valence-electron chi connectivity index (χ3n) is 4.26. The van der Waals surface area contributed by atoms with Gasteiger partial charge in [0.05, 0.1) is 23.6 Å². The number of halogens is 1. The molecule has 1 unspecified atom stereocenters. The number of amides is 1. The van der Waals surface area contributed by atoms with Gasteiger partial charge < -0.3 is 9.64 Å². The zero-order chi connectivity index (χ0) is 18.2. The predicted octanol–water partition coefficient (Wildman–Crippen LogP) is 2.07. The lowest BCUT2D eigenvalue weighted by Crippen LogP contribution is -2.45. The average molecular weight is 364 g/mol. The summed E-state index contributed by atoms with van der Waals surface area (Å²) in [6, 6.07) is 10.0. The summed E-state index contributed by atoms with van der Waals surface area (Å²) in [7, 11) is -2.47. The Labute approximate surface area is 145 Å². The highest BCUT2D eigenvalue weighted by atomic mass is 32.2. The number of rotatable bonds is 4. The summed E-state index contributed by atoms with van der Waals surface area (Å²) in [4.78, 5) is 13.9. The first kappa shape index (κ1) is 17.4. The first-order chi connectivity index (χ1) is 11.8. The molecule has 1 amide bonds. The van der Waals surface area contributed by atoms with Gasteiger partial charge in [0.2, 0.25) is 10.0 Å². The SMILES string of the molecule is COc1cccc(C2CCN2C(=O)c2cc(S(N)(=O)=O)ccc2F)c1. The van der Waals surface area contributed by atoms with Gasteiger partial charge in [-0.05, 0) is 42.3 Å². The zero-order valence-electron chi connectivity index (χ0n) is 13.5. The van der Waals surface area contributed by atoms with Gasteiger partial charge in [0.15, 0.2) is 0 Å². The molecule has 2 aromatic carbocycles. The van der Waals surface area contributed by atoms with E-state index < -0.39 is 21.7 Å². The van der Waals surface area contributed by atoms with Crippen LogP contribution < -0.4 is 9.88 Å². The Morgan fingerprint density at radius 2 is 2.04 bits per heavy atom. The van der Waals surface area contributed by atoms with Crippen molar-refractivity contribution in [1.29, 1.82) is 0 Å². The van der Waals surface area contributed by atoms with E-state index in [2.05, 4.69) is 0 Å². The fourth-order valence-electron chi connectivity index (χ4n) is 2.83. The number of benzene rings is 2. The lowest BCUT2D eigenvalue weighted by molar-refractivity contribution is 0.0455. The van der Waals surface area contributed by atoms with Crippen LogP contribution in [0, 0.1) is 5.82 Å². The number of likely N-dealkylation sites (tertiary alicyclic amines) is 1. The Kier molecular flexibility index (Phi) is 4.49. The molecule has 1 aliphatic heterocycles. The Hall–Kier alpha value is -2.45. The van der Waals surface area contributed by atoms with Crippen molar-refractivity contribution in [3.63, 3.8) is 0 Å². The van der Waals surface area contributed by atoms with Crippen LogP contribution in [0.2, 0.25) is 0 Å². The Morgan fingerprint density at radius 1 is 1.28 bits per heavy atom. The summed E-state index contributed by atoms with van der Waals surface area (Å²) >= 11 is 0. The molecule has 2 aromatic rings. The van der Waals surface area contributed by atoms with Crippen molar-refractivity contribution in [3.05, 3.63) is 59.4 Å². The van der Waals surface area contributed by atoms with E-state index in [1.54, 1.807) is 13.2 Å². The number of hydrogen-bond acceptors (Lipinski definition) is 4. The monoisotopic (exact) mass is 364 g/mol. The molecule has 1 saturated heterocycles. The van der Waals surface area contributed by atoms with Gasteiger partial charge in [0.25, 0.3) is 5.91 Å². The lowest BCUT2D eigenvalue weighted by Gasteiger charge is -2.41. The smallest absolute Gasteiger partial charge is 0.257 e. The standard InChI is InChI=1S/C17H17FN2O4S/c1-24-12-4-2-3-11(9-12)16-7-8-20(16)17(21)14-10-13(25(19,22)23)5-6-15(14)18/h2-6,9-10,16H,7-8H2,1H3,(H2,19,22,23). The largest absolute Gasteiger partial charge is 0.497 e. The number of methoxy groups -OCH3 is 1. The van der Waals surface area contributed by atoms with E-state index in [1.807, 2.05) is 18.2 Å². The van der Waals surface area contributed by atoms with Gasteiger partial charge in [-0.2, -0.15) is 0 Å². The summed E-state index contributed by atoms with van der Waals surface area (Å²) in [6.07, 6.45) is 0.732. The normalized spacial score (nSPS) is 17.1. The van der Waals surface area contributed by atoms with Crippen LogP contribution in [0.1, 0.15) is 28.4 Å². The molecule has 3 rings (SSSR count). The van der Waals surface area contributed by atoms with E-state index in [9.17, 15) is 17.6 Å². The molecule has 0 aromatic heterocycles. The number of nitrogens with two attached hydrogens (primary N) is 1. The third-order valence-corrected chi connectivity index (χ3v) is 5.17. The molecule has 1 fully saturated rings. The van der Waals surface area contributed by atoms with E-state index in [0.717, 1.165) is 30.2 Å². The van der Waals surface area contributed by atoms with Crippen molar-refractivity contribution in [2.45, 2.75) is 17.4 Å². The molecule has 8 heteroatoms. The maximum atomic E-state index is 14.1. The minimum Gasteiger partial charge on any atom is -0.497 e. The second-order valence-electron chi connectivity index (χ2n) is 5.77. The van der Waals surface area contributed by atoms with Crippen LogP contribution in [0.4, 0.5) is 4.39 Å². The van der Waals surface area contributed by atoms with Crippen LogP contribution >= 0.6 is 0 Å². The van der Waals surface area contributed by atoms with E-state index >= 15 is 0 Å². The molecule has 132 valence electrons. The van der Waals surface area contributed by atoms with Crippen molar-refractivity contribution >= 4 is 15.9 Å². The van der Waals surface area contributed by atoms with Crippen molar-refractivity contribution < 1.29 is 22.3 Å². The van der Waals surface area contributed by atoms with E-state index in [-0.39, 0.29) is 16.5 Å². The molecule has 0 bridgehead atoms. The first-order valence-corrected chi connectivity index (χ1v) is 9.13. The van der Waals surface area contributed by atoms with Crippen LogP contribution in [-0.2, 0) is 10.0 Å².